The first-order valence-electron chi connectivity index (χ1n) is 12.0. The van der Waals surface area contributed by atoms with Gasteiger partial charge < -0.3 is 19.2 Å². The van der Waals surface area contributed by atoms with Crippen LogP contribution in [0.2, 0.25) is 5.02 Å². The predicted molar refractivity (Wildman–Crippen MR) is 141 cm³/mol. The number of carbonyl (C=O) groups is 2. The monoisotopic (exact) mass is 533 g/mol. The van der Waals surface area contributed by atoms with Crippen LogP contribution < -0.4 is 15.7 Å². The van der Waals surface area contributed by atoms with Crippen LogP contribution in [0, 0.1) is 17.1 Å². The van der Waals surface area contributed by atoms with Crippen molar-refractivity contribution in [3.8, 4) is 16.9 Å². The van der Waals surface area contributed by atoms with Crippen LogP contribution in [-0.2, 0) is 24.8 Å². The molecule has 8 nitrogen and oxygen atoms in total. The lowest BCUT2D eigenvalue weighted by molar-refractivity contribution is -0.114. The second-order valence-corrected chi connectivity index (χ2v) is 9.71. The first-order chi connectivity index (χ1) is 18.2. The Hall–Kier alpha value is -4.24. The van der Waals surface area contributed by atoms with Crippen LogP contribution in [0.1, 0.15) is 28.4 Å². The first kappa shape index (κ1) is 25.4. The van der Waals surface area contributed by atoms with Gasteiger partial charge in [-0.2, -0.15) is 0 Å². The summed E-state index contributed by atoms with van der Waals surface area (Å²) in [6.07, 6.45) is 5.49. The summed E-state index contributed by atoms with van der Waals surface area (Å²) < 4.78 is 23.2. The number of benzene rings is 2. The molecule has 1 amide bonds. The Morgan fingerprint density at radius 3 is 2.71 bits per heavy atom. The van der Waals surface area contributed by atoms with Crippen LogP contribution in [-0.4, -0.2) is 32.4 Å². The molecule has 2 N–H and O–H groups in total. The fourth-order valence-electron chi connectivity index (χ4n) is 4.61. The smallest absolute Gasteiger partial charge is 0.222 e. The molecule has 0 spiro atoms. The van der Waals surface area contributed by atoms with E-state index in [1.807, 2.05) is 6.07 Å². The SMILES string of the molecule is CC(=O)Nc1cc(-c2cc(Cn3ccn(C)c3=N)cc3c2OCC(Cc2ccc(F)cc2Cl)C3=O)ccn1. The first-order valence-corrected chi connectivity index (χ1v) is 12.4. The minimum atomic E-state index is -0.503. The summed E-state index contributed by atoms with van der Waals surface area (Å²) in [5.41, 5.74) is 3.61. The second-order valence-electron chi connectivity index (χ2n) is 9.30. The van der Waals surface area contributed by atoms with Gasteiger partial charge in [-0.1, -0.05) is 17.7 Å². The van der Waals surface area contributed by atoms with E-state index in [0.717, 1.165) is 11.1 Å². The molecule has 4 aromatic rings. The normalized spacial score (nSPS) is 14.6. The zero-order chi connectivity index (χ0) is 27.0. The summed E-state index contributed by atoms with van der Waals surface area (Å²) in [7, 11) is 1.79. The van der Waals surface area contributed by atoms with Gasteiger partial charge in [-0.05, 0) is 59.5 Å². The molecule has 0 saturated carbocycles. The Balaban J connectivity index is 1.57. The van der Waals surface area contributed by atoms with Crippen LogP contribution >= 0.6 is 11.6 Å². The summed E-state index contributed by atoms with van der Waals surface area (Å²) in [4.78, 5) is 29.5. The molecule has 2 aromatic heterocycles. The van der Waals surface area contributed by atoms with Gasteiger partial charge in [0, 0.05) is 43.1 Å². The number of amides is 1. The van der Waals surface area contributed by atoms with Crippen molar-refractivity contribution in [3.05, 3.63) is 94.2 Å². The third-order valence-electron chi connectivity index (χ3n) is 6.50. The van der Waals surface area contributed by atoms with Gasteiger partial charge in [-0.15, -0.1) is 0 Å². The van der Waals surface area contributed by atoms with E-state index in [1.54, 1.807) is 59.0 Å². The molecule has 0 aliphatic carbocycles. The number of aromatic nitrogens is 3. The van der Waals surface area contributed by atoms with Gasteiger partial charge in [0.1, 0.15) is 17.4 Å². The Bertz CT molecular complexity index is 1630. The molecule has 0 radical (unpaired) electrons. The number of rotatable bonds is 6. The number of anilines is 1. The lowest BCUT2D eigenvalue weighted by Crippen LogP contribution is -2.30. The van der Waals surface area contributed by atoms with Crippen molar-refractivity contribution in [2.75, 3.05) is 11.9 Å². The summed E-state index contributed by atoms with van der Waals surface area (Å²) in [5, 5.41) is 11.3. The summed E-state index contributed by atoms with van der Waals surface area (Å²) in [6, 6.07) is 11.4. The molecule has 2 aromatic carbocycles. The molecule has 0 fully saturated rings. The van der Waals surface area contributed by atoms with Crippen molar-refractivity contribution in [2.24, 2.45) is 13.0 Å². The van der Waals surface area contributed by atoms with Crippen molar-refractivity contribution < 1.29 is 18.7 Å². The number of pyridine rings is 1. The lowest BCUT2D eigenvalue weighted by atomic mass is 9.86. The highest BCUT2D eigenvalue weighted by atomic mass is 35.5. The van der Waals surface area contributed by atoms with Crippen LogP contribution in [0.3, 0.4) is 0 Å². The summed E-state index contributed by atoms with van der Waals surface area (Å²) in [5.74, 6) is -0.460. The maximum Gasteiger partial charge on any atom is 0.222 e. The molecule has 10 heteroatoms. The van der Waals surface area contributed by atoms with Gasteiger partial charge in [0.05, 0.1) is 24.6 Å². The van der Waals surface area contributed by atoms with Crippen LogP contribution in [0.5, 0.6) is 5.75 Å². The fourth-order valence-corrected chi connectivity index (χ4v) is 4.86. The predicted octanol–water partition coefficient (Wildman–Crippen LogP) is 4.60. The molecule has 1 unspecified atom stereocenters. The maximum absolute atomic E-state index is 13.8. The highest BCUT2D eigenvalue weighted by Gasteiger charge is 2.32. The number of fused-ring (bicyclic) bond motifs is 1. The quantitative estimate of drug-likeness (QED) is 0.378. The summed E-state index contributed by atoms with van der Waals surface area (Å²) in [6.45, 7) is 1.91. The standard InChI is InChI=1S/C28H25ClFN5O3/c1-16(36)33-25-12-18(5-6-32-25)22-9-17(14-35-8-7-34(2)28(35)31)10-23-26(37)20(15-38-27(22)23)11-19-3-4-21(30)13-24(19)29/h3-10,12-13,20,31H,11,14-15H2,1-2H3,(H,32,33,36). The average molecular weight is 534 g/mol. The number of hydrogen-bond acceptors (Lipinski definition) is 5. The van der Waals surface area contributed by atoms with Crippen molar-refractivity contribution in [1.29, 1.82) is 5.41 Å². The third kappa shape index (κ3) is 5.10. The van der Waals surface area contributed by atoms with E-state index in [2.05, 4.69) is 10.3 Å². The Kier molecular flexibility index (Phi) is 6.86. The van der Waals surface area contributed by atoms with Gasteiger partial charge in [-0.3, -0.25) is 15.0 Å². The number of ketones is 1. The number of Topliss-reactive ketones (excluding diaryl/α,β-unsaturated/α-hetero) is 1. The number of hydrogen-bond donors (Lipinski definition) is 2. The zero-order valence-electron chi connectivity index (χ0n) is 20.8. The highest BCUT2D eigenvalue weighted by Crippen LogP contribution is 2.40. The number of halogens is 2. The number of ether oxygens (including phenoxy) is 1. The molecule has 5 rings (SSSR count). The van der Waals surface area contributed by atoms with Gasteiger partial charge in [0.2, 0.25) is 11.5 Å². The van der Waals surface area contributed by atoms with Crippen molar-refractivity contribution in [2.45, 2.75) is 19.9 Å². The second kappa shape index (κ2) is 10.3. The lowest BCUT2D eigenvalue weighted by Gasteiger charge is -2.27. The zero-order valence-corrected chi connectivity index (χ0v) is 21.6. The van der Waals surface area contributed by atoms with Crippen LogP contribution in [0.15, 0.2) is 61.1 Å². The molecule has 0 bridgehead atoms. The number of nitrogens with one attached hydrogen (secondary N) is 2. The minimum Gasteiger partial charge on any atom is -0.491 e. The van der Waals surface area contributed by atoms with Crippen molar-refractivity contribution in [1.82, 2.24) is 14.1 Å². The van der Waals surface area contributed by atoms with Gasteiger partial charge in [-0.25, -0.2) is 9.37 Å². The molecule has 3 heterocycles. The topological polar surface area (TPSA) is 102 Å². The van der Waals surface area contributed by atoms with Gasteiger partial charge >= 0.3 is 0 Å². The molecular formula is C28H25ClFN5O3. The molecule has 38 heavy (non-hydrogen) atoms. The molecule has 1 atom stereocenters. The van der Waals surface area contributed by atoms with Crippen molar-refractivity contribution >= 4 is 29.1 Å². The Morgan fingerprint density at radius 2 is 2.00 bits per heavy atom. The van der Waals surface area contributed by atoms with E-state index in [1.165, 1.54) is 19.1 Å². The van der Waals surface area contributed by atoms with Crippen molar-refractivity contribution in [3.63, 3.8) is 0 Å². The highest BCUT2D eigenvalue weighted by molar-refractivity contribution is 6.31. The number of imidazole rings is 1. The van der Waals surface area contributed by atoms with Crippen LogP contribution in [0.4, 0.5) is 10.2 Å². The Morgan fingerprint density at radius 1 is 1.21 bits per heavy atom. The summed E-state index contributed by atoms with van der Waals surface area (Å²) >= 11 is 6.23. The van der Waals surface area contributed by atoms with Gasteiger partial charge in [0.25, 0.3) is 0 Å². The molecular weight excluding hydrogens is 509 g/mol. The molecule has 1 aliphatic rings. The number of carbonyl (C=O) groups excluding carboxylic acids is 2. The minimum absolute atomic E-state index is 0.102. The fraction of sp³-hybridized carbons (Fsp3) is 0.214. The Labute approximate surface area is 223 Å². The van der Waals surface area contributed by atoms with Gasteiger partial charge in [0.15, 0.2) is 5.78 Å². The molecule has 0 saturated heterocycles. The van der Waals surface area contributed by atoms with E-state index in [9.17, 15) is 14.0 Å². The third-order valence-corrected chi connectivity index (χ3v) is 6.85. The number of aryl methyl sites for hydroxylation is 1. The number of nitrogens with zero attached hydrogens (tertiary/aromatic N) is 3. The average Bonchev–Trinajstić information content (AvgIpc) is 3.19. The van der Waals surface area contributed by atoms with E-state index >= 15 is 0 Å². The van der Waals surface area contributed by atoms with Crippen LogP contribution in [0.25, 0.3) is 11.1 Å². The molecule has 1 aliphatic heterocycles. The van der Waals surface area contributed by atoms with E-state index in [-0.39, 0.29) is 23.3 Å². The maximum atomic E-state index is 13.8. The van der Waals surface area contributed by atoms with E-state index < -0.39 is 11.7 Å². The van der Waals surface area contributed by atoms with E-state index in [4.69, 9.17) is 21.7 Å². The van der Waals surface area contributed by atoms with E-state index in [0.29, 0.717) is 46.8 Å². The largest absolute Gasteiger partial charge is 0.491 e. The molecule has 194 valence electrons.